The number of hydrogen-bond acceptors (Lipinski definition) is 2. The number of nitrogens with one attached hydrogen (secondary N) is 1. The zero-order chi connectivity index (χ0) is 12.3. The molecule has 0 bridgehead atoms. The van der Waals surface area contributed by atoms with Gasteiger partial charge in [0.1, 0.15) is 0 Å². The molecule has 1 saturated heterocycles. The smallest absolute Gasteiger partial charge is 0.00201 e. The second-order valence-electron chi connectivity index (χ2n) is 5.75. The van der Waals surface area contributed by atoms with E-state index in [-0.39, 0.29) is 5.41 Å². The van der Waals surface area contributed by atoms with Crippen LogP contribution < -0.4 is 11.1 Å². The lowest BCUT2D eigenvalue weighted by Crippen LogP contribution is -2.29. The van der Waals surface area contributed by atoms with Crippen LogP contribution in [0.5, 0.6) is 0 Å². The molecule has 1 aromatic rings. The highest BCUT2D eigenvalue weighted by molar-refractivity contribution is 5.30. The first-order valence-corrected chi connectivity index (χ1v) is 6.65. The van der Waals surface area contributed by atoms with Crippen molar-refractivity contribution in [1.82, 2.24) is 5.32 Å². The van der Waals surface area contributed by atoms with Crippen LogP contribution in [0.2, 0.25) is 0 Å². The lowest BCUT2D eigenvalue weighted by Gasteiger charge is -2.26. The molecule has 94 valence electrons. The SMILES string of the molecule is CC(C)(CN)c1ccc(C2CCCNC2)cc1. The first-order chi connectivity index (χ1) is 8.13. The summed E-state index contributed by atoms with van der Waals surface area (Å²) in [5.41, 5.74) is 8.70. The lowest BCUT2D eigenvalue weighted by molar-refractivity contribution is 0.461. The van der Waals surface area contributed by atoms with E-state index in [1.807, 2.05) is 0 Å². The molecule has 1 aliphatic rings. The van der Waals surface area contributed by atoms with Crippen molar-refractivity contribution in [2.75, 3.05) is 19.6 Å². The topological polar surface area (TPSA) is 38.0 Å². The van der Waals surface area contributed by atoms with E-state index in [9.17, 15) is 0 Å². The lowest BCUT2D eigenvalue weighted by atomic mass is 9.83. The molecule has 1 aromatic carbocycles. The molecule has 0 aromatic heterocycles. The normalized spacial score (nSPS) is 21.5. The van der Waals surface area contributed by atoms with Gasteiger partial charge < -0.3 is 11.1 Å². The molecule has 0 saturated carbocycles. The van der Waals surface area contributed by atoms with Crippen molar-refractivity contribution in [3.05, 3.63) is 35.4 Å². The fourth-order valence-electron chi connectivity index (χ4n) is 2.46. The molecule has 2 rings (SSSR count). The molecule has 0 amide bonds. The quantitative estimate of drug-likeness (QED) is 0.840. The van der Waals surface area contributed by atoms with Crippen LogP contribution in [0.1, 0.15) is 43.7 Å². The summed E-state index contributed by atoms with van der Waals surface area (Å²) in [4.78, 5) is 0. The Kier molecular flexibility index (Phi) is 3.85. The van der Waals surface area contributed by atoms with Gasteiger partial charge in [-0.15, -0.1) is 0 Å². The minimum Gasteiger partial charge on any atom is -0.330 e. The van der Waals surface area contributed by atoms with Crippen LogP contribution in [-0.2, 0) is 5.41 Å². The molecule has 2 nitrogen and oxygen atoms in total. The first kappa shape index (κ1) is 12.6. The monoisotopic (exact) mass is 232 g/mol. The molecular formula is C15H24N2. The van der Waals surface area contributed by atoms with Crippen LogP contribution in [0.3, 0.4) is 0 Å². The van der Waals surface area contributed by atoms with Crippen molar-refractivity contribution in [3.63, 3.8) is 0 Å². The molecule has 3 N–H and O–H groups in total. The van der Waals surface area contributed by atoms with E-state index in [1.54, 1.807) is 0 Å². The van der Waals surface area contributed by atoms with E-state index < -0.39 is 0 Å². The summed E-state index contributed by atoms with van der Waals surface area (Å²) in [6.07, 6.45) is 2.60. The minimum absolute atomic E-state index is 0.0867. The summed E-state index contributed by atoms with van der Waals surface area (Å²) < 4.78 is 0. The van der Waals surface area contributed by atoms with Gasteiger partial charge >= 0.3 is 0 Å². The maximum Gasteiger partial charge on any atom is 0.00201 e. The number of hydrogen-bond donors (Lipinski definition) is 2. The second kappa shape index (κ2) is 5.19. The van der Waals surface area contributed by atoms with E-state index in [0.29, 0.717) is 12.5 Å². The van der Waals surface area contributed by atoms with E-state index >= 15 is 0 Å². The zero-order valence-electron chi connectivity index (χ0n) is 11.0. The van der Waals surface area contributed by atoms with Gasteiger partial charge in [0, 0.05) is 18.5 Å². The Morgan fingerprint density at radius 3 is 2.53 bits per heavy atom. The molecule has 2 heteroatoms. The van der Waals surface area contributed by atoms with Gasteiger partial charge in [-0.2, -0.15) is 0 Å². The molecule has 1 heterocycles. The third-order valence-corrected chi connectivity index (χ3v) is 3.97. The predicted molar refractivity (Wildman–Crippen MR) is 73.4 cm³/mol. The number of rotatable bonds is 3. The summed E-state index contributed by atoms with van der Waals surface area (Å²) in [7, 11) is 0. The van der Waals surface area contributed by atoms with Gasteiger partial charge in [-0.25, -0.2) is 0 Å². The van der Waals surface area contributed by atoms with Crippen LogP contribution >= 0.6 is 0 Å². The summed E-state index contributed by atoms with van der Waals surface area (Å²) >= 11 is 0. The molecule has 1 unspecified atom stereocenters. The Morgan fingerprint density at radius 2 is 2.00 bits per heavy atom. The highest BCUT2D eigenvalue weighted by atomic mass is 14.9. The van der Waals surface area contributed by atoms with E-state index in [2.05, 4.69) is 43.4 Å². The Bertz CT molecular complexity index is 348. The summed E-state index contributed by atoms with van der Waals surface area (Å²) in [5.74, 6) is 0.693. The molecule has 1 atom stereocenters. The summed E-state index contributed by atoms with van der Waals surface area (Å²) in [5, 5.41) is 3.47. The average molecular weight is 232 g/mol. The van der Waals surface area contributed by atoms with Crippen molar-refractivity contribution < 1.29 is 0 Å². The molecule has 0 spiro atoms. The molecule has 0 aliphatic carbocycles. The van der Waals surface area contributed by atoms with E-state index in [0.717, 1.165) is 6.54 Å². The van der Waals surface area contributed by atoms with Gasteiger partial charge in [0.25, 0.3) is 0 Å². The van der Waals surface area contributed by atoms with E-state index in [4.69, 9.17) is 5.73 Å². The fraction of sp³-hybridized carbons (Fsp3) is 0.600. The van der Waals surface area contributed by atoms with Crippen molar-refractivity contribution in [1.29, 1.82) is 0 Å². The van der Waals surface area contributed by atoms with Crippen molar-refractivity contribution in [3.8, 4) is 0 Å². The van der Waals surface area contributed by atoms with Crippen LogP contribution in [0.25, 0.3) is 0 Å². The van der Waals surface area contributed by atoms with Gasteiger partial charge in [-0.1, -0.05) is 38.1 Å². The zero-order valence-corrected chi connectivity index (χ0v) is 11.0. The Hall–Kier alpha value is -0.860. The molecule has 17 heavy (non-hydrogen) atoms. The predicted octanol–water partition coefficient (Wildman–Crippen LogP) is 2.39. The van der Waals surface area contributed by atoms with Gasteiger partial charge in [-0.3, -0.25) is 0 Å². The van der Waals surface area contributed by atoms with E-state index in [1.165, 1.54) is 30.5 Å². The minimum atomic E-state index is 0.0867. The largest absolute Gasteiger partial charge is 0.330 e. The van der Waals surface area contributed by atoms with Crippen LogP contribution in [0.4, 0.5) is 0 Å². The fourth-order valence-corrected chi connectivity index (χ4v) is 2.46. The van der Waals surface area contributed by atoms with Crippen molar-refractivity contribution in [2.24, 2.45) is 5.73 Å². The Labute approximate surface area is 105 Å². The highest BCUT2D eigenvalue weighted by Crippen LogP contribution is 2.27. The molecule has 1 aliphatic heterocycles. The maximum atomic E-state index is 5.81. The summed E-state index contributed by atoms with van der Waals surface area (Å²) in [6.45, 7) is 7.39. The summed E-state index contributed by atoms with van der Waals surface area (Å²) in [6, 6.07) is 9.06. The Morgan fingerprint density at radius 1 is 1.29 bits per heavy atom. The third kappa shape index (κ3) is 2.88. The van der Waals surface area contributed by atoms with Gasteiger partial charge in [-0.05, 0) is 36.4 Å². The maximum absolute atomic E-state index is 5.81. The van der Waals surface area contributed by atoms with Crippen LogP contribution in [-0.4, -0.2) is 19.6 Å². The Balaban J connectivity index is 2.12. The molecule has 1 fully saturated rings. The van der Waals surface area contributed by atoms with Crippen molar-refractivity contribution in [2.45, 2.75) is 38.0 Å². The third-order valence-electron chi connectivity index (χ3n) is 3.97. The van der Waals surface area contributed by atoms with Gasteiger partial charge in [0.05, 0.1) is 0 Å². The second-order valence-corrected chi connectivity index (χ2v) is 5.75. The number of benzene rings is 1. The molecule has 0 radical (unpaired) electrons. The number of nitrogens with two attached hydrogens (primary N) is 1. The van der Waals surface area contributed by atoms with Gasteiger partial charge in [0.15, 0.2) is 0 Å². The van der Waals surface area contributed by atoms with Gasteiger partial charge in [0.2, 0.25) is 0 Å². The first-order valence-electron chi connectivity index (χ1n) is 6.65. The van der Waals surface area contributed by atoms with Crippen molar-refractivity contribution >= 4 is 0 Å². The average Bonchev–Trinajstić information content (AvgIpc) is 2.40. The highest BCUT2D eigenvalue weighted by Gasteiger charge is 2.19. The van der Waals surface area contributed by atoms with Crippen LogP contribution in [0, 0.1) is 0 Å². The standard InChI is InChI=1S/C15H24N2/c1-15(2,11-16)14-7-5-12(6-8-14)13-4-3-9-17-10-13/h5-8,13,17H,3-4,9-11,16H2,1-2H3. The van der Waals surface area contributed by atoms with Crippen LogP contribution in [0.15, 0.2) is 24.3 Å². The number of piperidine rings is 1. The molecular weight excluding hydrogens is 208 g/mol.